The molecular weight excluding hydrogens is 306 g/mol. The van der Waals surface area contributed by atoms with Gasteiger partial charge in [-0.2, -0.15) is 5.10 Å². The first-order chi connectivity index (χ1) is 11.6. The topological polar surface area (TPSA) is 91.2 Å². The van der Waals surface area contributed by atoms with Gasteiger partial charge in [-0.05, 0) is 38.1 Å². The number of aromatic nitrogens is 2. The number of nitrogens with one attached hydrogen (secondary N) is 3. The molecule has 7 heteroatoms. The van der Waals surface area contributed by atoms with Crippen molar-refractivity contribution in [3.05, 3.63) is 12.3 Å². The summed E-state index contributed by atoms with van der Waals surface area (Å²) in [5.41, 5.74) is -0.849. The van der Waals surface area contributed by atoms with Crippen LogP contribution in [0.2, 0.25) is 0 Å². The zero-order chi connectivity index (χ0) is 16.8. The molecule has 2 amide bonds. The van der Waals surface area contributed by atoms with Crippen molar-refractivity contribution in [2.75, 3.05) is 25.0 Å². The standard InChI is InChI=1S/C17H29N5O2/c23-16(19-13-17(24)8-4-9-18-12-17)21-15-7-10-20-22(15)11-14-5-2-1-3-6-14/h7,10,14,18,24H,1-6,8-9,11-13H2,(H2,19,21,23). The minimum Gasteiger partial charge on any atom is -0.387 e. The third-order valence-electron chi connectivity index (χ3n) is 5.14. The van der Waals surface area contributed by atoms with E-state index < -0.39 is 5.60 Å². The first-order valence-electron chi connectivity index (χ1n) is 9.14. The average molecular weight is 335 g/mol. The Hall–Kier alpha value is -1.60. The highest BCUT2D eigenvalue weighted by Crippen LogP contribution is 2.25. The van der Waals surface area contributed by atoms with E-state index >= 15 is 0 Å². The Labute approximate surface area is 143 Å². The summed E-state index contributed by atoms with van der Waals surface area (Å²) >= 11 is 0. The quantitative estimate of drug-likeness (QED) is 0.659. The smallest absolute Gasteiger partial charge is 0.320 e. The van der Waals surface area contributed by atoms with Gasteiger partial charge in [0.1, 0.15) is 5.82 Å². The molecule has 1 atom stereocenters. The number of hydrogen-bond donors (Lipinski definition) is 4. The normalized spacial score (nSPS) is 25.4. The Morgan fingerprint density at radius 2 is 2.21 bits per heavy atom. The molecule has 3 rings (SSSR count). The van der Waals surface area contributed by atoms with Crippen LogP contribution in [0.1, 0.15) is 44.9 Å². The van der Waals surface area contributed by atoms with Gasteiger partial charge in [-0.15, -0.1) is 0 Å². The Morgan fingerprint density at radius 3 is 2.96 bits per heavy atom. The lowest BCUT2D eigenvalue weighted by Crippen LogP contribution is -2.53. The number of nitrogens with zero attached hydrogens (tertiary/aromatic N) is 2. The number of carbonyl (C=O) groups is 1. The third-order valence-corrected chi connectivity index (χ3v) is 5.14. The highest BCUT2D eigenvalue weighted by molar-refractivity contribution is 5.88. The van der Waals surface area contributed by atoms with Gasteiger partial charge in [-0.3, -0.25) is 5.32 Å². The molecule has 1 saturated heterocycles. The van der Waals surface area contributed by atoms with E-state index in [9.17, 15) is 9.90 Å². The number of rotatable bonds is 5. The van der Waals surface area contributed by atoms with Crippen LogP contribution in [-0.2, 0) is 6.54 Å². The fourth-order valence-corrected chi connectivity index (χ4v) is 3.71. The average Bonchev–Trinajstić information content (AvgIpc) is 3.02. The van der Waals surface area contributed by atoms with Crippen LogP contribution in [0.5, 0.6) is 0 Å². The largest absolute Gasteiger partial charge is 0.387 e. The molecule has 2 fully saturated rings. The van der Waals surface area contributed by atoms with Crippen molar-refractivity contribution in [2.24, 2.45) is 5.92 Å². The number of hydrogen-bond acceptors (Lipinski definition) is 4. The molecule has 1 aromatic heterocycles. The van der Waals surface area contributed by atoms with Crippen LogP contribution in [-0.4, -0.2) is 46.2 Å². The van der Waals surface area contributed by atoms with Crippen molar-refractivity contribution in [2.45, 2.75) is 57.1 Å². The van der Waals surface area contributed by atoms with Crippen molar-refractivity contribution in [1.29, 1.82) is 0 Å². The lowest BCUT2D eigenvalue weighted by Gasteiger charge is -2.32. The zero-order valence-corrected chi connectivity index (χ0v) is 14.3. The number of carbonyl (C=O) groups excluding carboxylic acids is 1. The number of piperidine rings is 1. The number of aliphatic hydroxyl groups is 1. The lowest BCUT2D eigenvalue weighted by molar-refractivity contribution is 0.0198. The monoisotopic (exact) mass is 335 g/mol. The van der Waals surface area contributed by atoms with Crippen LogP contribution >= 0.6 is 0 Å². The molecule has 0 radical (unpaired) electrons. The summed E-state index contributed by atoms with van der Waals surface area (Å²) in [5, 5.41) is 23.5. The SMILES string of the molecule is O=C(NCC1(O)CCCNC1)Nc1ccnn1CC1CCCCC1. The van der Waals surface area contributed by atoms with Gasteiger partial charge in [0.05, 0.1) is 11.8 Å². The summed E-state index contributed by atoms with van der Waals surface area (Å²) in [6.45, 7) is 2.56. The van der Waals surface area contributed by atoms with E-state index in [1.165, 1.54) is 32.1 Å². The molecule has 1 aliphatic carbocycles. The van der Waals surface area contributed by atoms with Gasteiger partial charge in [-0.25, -0.2) is 9.48 Å². The van der Waals surface area contributed by atoms with Crippen LogP contribution in [0.25, 0.3) is 0 Å². The van der Waals surface area contributed by atoms with Crippen LogP contribution in [0.15, 0.2) is 12.3 Å². The molecule has 24 heavy (non-hydrogen) atoms. The molecule has 7 nitrogen and oxygen atoms in total. The van der Waals surface area contributed by atoms with Crippen molar-refractivity contribution >= 4 is 11.8 Å². The summed E-state index contributed by atoms with van der Waals surface area (Å²) in [6, 6.07) is 1.53. The van der Waals surface area contributed by atoms with E-state index in [1.54, 1.807) is 6.20 Å². The maximum absolute atomic E-state index is 12.1. The second kappa shape index (κ2) is 7.98. The van der Waals surface area contributed by atoms with Gasteiger partial charge < -0.3 is 15.7 Å². The molecule has 134 valence electrons. The van der Waals surface area contributed by atoms with Gasteiger partial charge >= 0.3 is 6.03 Å². The van der Waals surface area contributed by atoms with Crippen molar-refractivity contribution < 1.29 is 9.90 Å². The van der Waals surface area contributed by atoms with Crippen LogP contribution in [0.3, 0.4) is 0 Å². The van der Waals surface area contributed by atoms with E-state index in [0.29, 0.717) is 24.7 Å². The van der Waals surface area contributed by atoms with E-state index in [0.717, 1.165) is 19.5 Å². The van der Waals surface area contributed by atoms with Crippen molar-refractivity contribution in [3.63, 3.8) is 0 Å². The molecule has 4 N–H and O–H groups in total. The van der Waals surface area contributed by atoms with Crippen molar-refractivity contribution in [1.82, 2.24) is 20.4 Å². The fourth-order valence-electron chi connectivity index (χ4n) is 3.71. The minimum atomic E-state index is -0.849. The number of anilines is 1. The lowest BCUT2D eigenvalue weighted by atomic mass is 9.89. The summed E-state index contributed by atoms with van der Waals surface area (Å²) in [4.78, 5) is 12.1. The highest BCUT2D eigenvalue weighted by Gasteiger charge is 2.29. The predicted octanol–water partition coefficient (Wildman–Crippen LogP) is 1.70. The third kappa shape index (κ3) is 4.70. The van der Waals surface area contributed by atoms with E-state index in [4.69, 9.17) is 0 Å². The molecule has 0 aromatic carbocycles. The number of urea groups is 1. The van der Waals surface area contributed by atoms with Crippen molar-refractivity contribution in [3.8, 4) is 0 Å². The van der Waals surface area contributed by atoms with Gasteiger partial charge in [0, 0.05) is 25.7 Å². The Morgan fingerprint density at radius 1 is 1.38 bits per heavy atom. The number of amides is 2. The molecule has 1 saturated carbocycles. The second-order valence-electron chi connectivity index (χ2n) is 7.21. The molecule has 1 aliphatic heterocycles. The maximum Gasteiger partial charge on any atom is 0.320 e. The van der Waals surface area contributed by atoms with Crippen LogP contribution in [0, 0.1) is 5.92 Å². The maximum atomic E-state index is 12.1. The molecule has 1 unspecified atom stereocenters. The zero-order valence-electron chi connectivity index (χ0n) is 14.3. The van der Waals surface area contributed by atoms with Gasteiger partial charge in [0.15, 0.2) is 0 Å². The fraction of sp³-hybridized carbons (Fsp3) is 0.765. The summed E-state index contributed by atoms with van der Waals surface area (Å²) in [5.74, 6) is 1.36. The summed E-state index contributed by atoms with van der Waals surface area (Å²) in [6.07, 6.45) is 9.76. The second-order valence-corrected chi connectivity index (χ2v) is 7.21. The van der Waals surface area contributed by atoms with E-state index in [-0.39, 0.29) is 12.6 Å². The summed E-state index contributed by atoms with van der Waals surface area (Å²) < 4.78 is 1.88. The summed E-state index contributed by atoms with van der Waals surface area (Å²) in [7, 11) is 0. The Bertz CT molecular complexity index is 533. The Balaban J connectivity index is 1.48. The van der Waals surface area contributed by atoms with Crippen LogP contribution < -0.4 is 16.0 Å². The first kappa shape index (κ1) is 17.2. The first-order valence-corrected chi connectivity index (χ1v) is 9.14. The van der Waals surface area contributed by atoms with E-state index in [2.05, 4.69) is 21.0 Å². The number of β-amino-alcohol motifs (C(OH)–C–C–N with tert-alkyl or cyclic N) is 1. The Kier molecular flexibility index (Phi) is 5.73. The molecule has 2 heterocycles. The predicted molar refractivity (Wildman–Crippen MR) is 92.9 cm³/mol. The molecule has 2 aliphatic rings. The molecule has 0 bridgehead atoms. The van der Waals surface area contributed by atoms with Gasteiger partial charge in [0.25, 0.3) is 0 Å². The molecular formula is C17H29N5O2. The molecule has 1 aromatic rings. The van der Waals surface area contributed by atoms with Gasteiger partial charge in [-0.1, -0.05) is 19.3 Å². The minimum absolute atomic E-state index is 0.253. The molecule has 0 spiro atoms. The highest BCUT2D eigenvalue weighted by atomic mass is 16.3. The van der Waals surface area contributed by atoms with E-state index in [1.807, 2.05) is 10.7 Å². The van der Waals surface area contributed by atoms with Crippen LogP contribution in [0.4, 0.5) is 10.6 Å². The van der Waals surface area contributed by atoms with Gasteiger partial charge in [0.2, 0.25) is 0 Å².